The Morgan fingerprint density at radius 2 is 1.73 bits per heavy atom. The quantitative estimate of drug-likeness (QED) is 0.654. The number of hydrogen-bond acceptors (Lipinski definition) is 4. The van der Waals surface area contributed by atoms with E-state index < -0.39 is 0 Å². The largest absolute Gasteiger partial charge is 0.368 e. The zero-order valence-corrected chi connectivity index (χ0v) is 19.2. The van der Waals surface area contributed by atoms with E-state index in [0.29, 0.717) is 26.2 Å². The fraction of sp³-hybridized carbons (Fsp3) is 0.308. The number of anilines is 2. The third-order valence-electron chi connectivity index (χ3n) is 6.63. The molecule has 0 aliphatic carbocycles. The Balaban J connectivity index is 1.44. The minimum atomic E-state index is -0.279. The summed E-state index contributed by atoms with van der Waals surface area (Å²) in [4.78, 5) is 18.0. The Morgan fingerprint density at radius 1 is 1.00 bits per heavy atom. The summed E-state index contributed by atoms with van der Waals surface area (Å²) in [5, 5.41) is 7.94. The standard InChI is InChI=1S/C26H28FN5O/c1-17-4-5-18(2)22(16-17)25-24(19(3)29-23-10-11-28-32(23)25)26(33)31-14-12-30(13-15-31)21-8-6-20(27)7-9-21/h4-11,16,25,29H,12-15H2,1-3H3. The van der Waals surface area contributed by atoms with Crippen LogP contribution in [0.15, 0.2) is 66.0 Å². The summed E-state index contributed by atoms with van der Waals surface area (Å²) in [5.74, 6) is 0.678. The average Bonchev–Trinajstić information content (AvgIpc) is 3.28. The van der Waals surface area contributed by atoms with Crippen molar-refractivity contribution < 1.29 is 9.18 Å². The third kappa shape index (κ3) is 3.88. The number of halogens is 1. The molecule has 3 aromatic rings. The van der Waals surface area contributed by atoms with Crippen LogP contribution in [0.2, 0.25) is 0 Å². The molecule has 0 saturated carbocycles. The topological polar surface area (TPSA) is 53.4 Å². The van der Waals surface area contributed by atoms with Gasteiger partial charge in [0.15, 0.2) is 0 Å². The molecule has 0 radical (unpaired) electrons. The Hall–Kier alpha value is -3.61. The summed E-state index contributed by atoms with van der Waals surface area (Å²) < 4.78 is 15.2. The van der Waals surface area contributed by atoms with Gasteiger partial charge in [-0.2, -0.15) is 5.10 Å². The number of allylic oxidation sites excluding steroid dienone is 1. The van der Waals surface area contributed by atoms with Gasteiger partial charge in [0.1, 0.15) is 17.7 Å². The van der Waals surface area contributed by atoms with E-state index in [9.17, 15) is 9.18 Å². The molecule has 3 heterocycles. The number of nitrogens with one attached hydrogen (secondary N) is 1. The normalized spacial score (nSPS) is 18.2. The number of benzene rings is 2. The van der Waals surface area contributed by atoms with Crippen LogP contribution in [-0.4, -0.2) is 46.8 Å². The van der Waals surface area contributed by atoms with Gasteiger partial charge in [-0.1, -0.05) is 23.8 Å². The van der Waals surface area contributed by atoms with E-state index in [1.54, 1.807) is 18.3 Å². The van der Waals surface area contributed by atoms with Crippen LogP contribution < -0.4 is 10.2 Å². The van der Waals surface area contributed by atoms with E-state index >= 15 is 0 Å². The SMILES string of the molecule is CC1=C(C(=O)N2CCN(c3ccc(F)cc3)CC2)C(c2cc(C)ccc2C)n2nccc2N1. The summed E-state index contributed by atoms with van der Waals surface area (Å²) >= 11 is 0. The monoisotopic (exact) mass is 445 g/mol. The summed E-state index contributed by atoms with van der Waals surface area (Å²) in [6, 6.07) is 14.6. The average molecular weight is 446 g/mol. The summed E-state index contributed by atoms with van der Waals surface area (Å²) in [5.41, 5.74) is 5.95. The Kier molecular flexibility index (Phi) is 5.40. The Labute approximate surface area is 193 Å². The molecule has 0 bridgehead atoms. The van der Waals surface area contributed by atoms with Crippen molar-refractivity contribution in [3.63, 3.8) is 0 Å². The first-order valence-corrected chi connectivity index (χ1v) is 11.3. The van der Waals surface area contributed by atoms with Crippen LogP contribution in [0, 0.1) is 19.7 Å². The zero-order valence-electron chi connectivity index (χ0n) is 19.2. The number of carbonyl (C=O) groups excluding carboxylic acids is 1. The number of aromatic nitrogens is 2. The number of amides is 1. The molecule has 1 amide bonds. The van der Waals surface area contributed by atoms with Crippen LogP contribution in [0.4, 0.5) is 15.9 Å². The highest BCUT2D eigenvalue weighted by molar-refractivity contribution is 5.97. The van der Waals surface area contributed by atoms with Crippen molar-refractivity contribution in [2.24, 2.45) is 0 Å². The first-order chi connectivity index (χ1) is 15.9. The summed E-state index contributed by atoms with van der Waals surface area (Å²) in [7, 11) is 0. The molecule has 5 rings (SSSR count). The van der Waals surface area contributed by atoms with E-state index in [1.807, 2.05) is 22.6 Å². The lowest BCUT2D eigenvalue weighted by atomic mass is 9.90. The second-order valence-corrected chi connectivity index (χ2v) is 8.84. The first kappa shape index (κ1) is 21.2. The maximum atomic E-state index is 13.9. The van der Waals surface area contributed by atoms with E-state index in [1.165, 1.54) is 12.1 Å². The first-order valence-electron chi connectivity index (χ1n) is 11.3. The van der Waals surface area contributed by atoms with Crippen molar-refractivity contribution in [2.75, 3.05) is 36.4 Å². The highest BCUT2D eigenvalue weighted by Crippen LogP contribution is 2.38. The van der Waals surface area contributed by atoms with Crippen molar-refractivity contribution in [3.8, 4) is 0 Å². The molecule has 2 aromatic carbocycles. The van der Waals surface area contributed by atoms with Crippen LogP contribution >= 0.6 is 0 Å². The van der Waals surface area contributed by atoms with Crippen LogP contribution in [0.5, 0.6) is 0 Å². The fourth-order valence-electron chi connectivity index (χ4n) is 4.81. The van der Waals surface area contributed by atoms with Crippen molar-refractivity contribution in [1.82, 2.24) is 14.7 Å². The Morgan fingerprint density at radius 3 is 2.45 bits per heavy atom. The predicted molar refractivity (Wildman–Crippen MR) is 128 cm³/mol. The van der Waals surface area contributed by atoms with Gasteiger partial charge in [0, 0.05) is 43.6 Å². The lowest BCUT2D eigenvalue weighted by Crippen LogP contribution is -2.50. The number of nitrogens with zero attached hydrogens (tertiary/aromatic N) is 4. The van der Waals surface area contributed by atoms with Crippen LogP contribution in [0.3, 0.4) is 0 Å². The summed E-state index contributed by atoms with van der Waals surface area (Å²) in [6.07, 6.45) is 1.77. The Bertz CT molecular complexity index is 1220. The number of piperazine rings is 1. The third-order valence-corrected chi connectivity index (χ3v) is 6.63. The van der Waals surface area contributed by atoms with Crippen LogP contribution in [-0.2, 0) is 4.79 Å². The summed E-state index contributed by atoms with van der Waals surface area (Å²) in [6.45, 7) is 8.75. The molecule has 1 aromatic heterocycles. The highest BCUT2D eigenvalue weighted by atomic mass is 19.1. The number of rotatable bonds is 3. The molecule has 33 heavy (non-hydrogen) atoms. The molecular weight excluding hydrogens is 417 g/mol. The molecular formula is C26H28FN5O. The molecule has 2 aliphatic heterocycles. The van der Waals surface area contributed by atoms with Gasteiger partial charge in [0.25, 0.3) is 5.91 Å². The van der Waals surface area contributed by atoms with E-state index in [0.717, 1.165) is 39.5 Å². The van der Waals surface area contributed by atoms with Gasteiger partial charge >= 0.3 is 0 Å². The van der Waals surface area contributed by atoms with Crippen molar-refractivity contribution in [1.29, 1.82) is 0 Å². The maximum Gasteiger partial charge on any atom is 0.254 e. The lowest BCUT2D eigenvalue weighted by molar-refractivity contribution is -0.128. The molecule has 7 heteroatoms. The van der Waals surface area contributed by atoms with E-state index in [4.69, 9.17) is 0 Å². The molecule has 1 unspecified atom stereocenters. The second-order valence-electron chi connectivity index (χ2n) is 8.84. The van der Waals surface area contributed by atoms with Crippen molar-refractivity contribution in [2.45, 2.75) is 26.8 Å². The molecule has 1 atom stereocenters. The van der Waals surface area contributed by atoms with Gasteiger partial charge in [-0.05, 0) is 56.2 Å². The number of fused-ring (bicyclic) bond motifs is 1. The molecule has 2 aliphatic rings. The van der Waals surface area contributed by atoms with E-state index in [-0.39, 0.29) is 17.8 Å². The van der Waals surface area contributed by atoms with Crippen molar-refractivity contribution in [3.05, 3.63) is 88.5 Å². The lowest BCUT2D eigenvalue weighted by Gasteiger charge is -2.39. The molecule has 1 saturated heterocycles. The smallest absolute Gasteiger partial charge is 0.254 e. The van der Waals surface area contributed by atoms with Crippen molar-refractivity contribution >= 4 is 17.4 Å². The zero-order chi connectivity index (χ0) is 23.1. The second kappa shape index (κ2) is 8.39. The number of carbonyl (C=O) groups is 1. The minimum absolute atomic E-state index is 0.0332. The predicted octanol–water partition coefficient (Wildman–Crippen LogP) is 4.28. The van der Waals surface area contributed by atoms with Gasteiger partial charge in [0.2, 0.25) is 0 Å². The fourth-order valence-corrected chi connectivity index (χ4v) is 4.81. The van der Waals surface area contributed by atoms with E-state index in [2.05, 4.69) is 47.4 Å². The molecule has 0 spiro atoms. The van der Waals surface area contributed by atoms with Gasteiger partial charge in [-0.25, -0.2) is 9.07 Å². The van der Waals surface area contributed by atoms with Gasteiger partial charge in [0.05, 0.1) is 11.8 Å². The molecule has 6 nitrogen and oxygen atoms in total. The van der Waals surface area contributed by atoms with Gasteiger partial charge in [-0.15, -0.1) is 0 Å². The number of aryl methyl sites for hydroxylation is 2. The molecule has 1 N–H and O–H groups in total. The van der Waals surface area contributed by atoms with Gasteiger partial charge < -0.3 is 15.1 Å². The molecule has 170 valence electrons. The van der Waals surface area contributed by atoms with Gasteiger partial charge in [-0.3, -0.25) is 4.79 Å². The maximum absolute atomic E-state index is 13.9. The minimum Gasteiger partial charge on any atom is -0.368 e. The number of hydrogen-bond donors (Lipinski definition) is 1. The molecule has 1 fully saturated rings. The van der Waals surface area contributed by atoms with Crippen LogP contribution in [0.25, 0.3) is 0 Å². The van der Waals surface area contributed by atoms with Crippen LogP contribution in [0.1, 0.15) is 29.7 Å². The highest BCUT2D eigenvalue weighted by Gasteiger charge is 2.36.